The number of ether oxygens (including phenoxy) is 3. The van der Waals surface area contributed by atoms with Crippen LogP contribution in [0.5, 0.6) is 0 Å². The first-order valence-electron chi connectivity index (χ1n) is 7.03. The van der Waals surface area contributed by atoms with Crippen LogP contribution in [0.3, 0.4) is 0 Å². The van der Waals surface area contributed by atoms with Gasteiger partial charge in [-0.2, -0.15) is 0 Å². The van der Waals surface area contributed by atoms with Crippen LogP contribution in [0.25, 0.3) is 0 Å². The maximum absolute atomic E-state index is 10.3. The molecular weight excluding hydrogens is 272 g/mol. The Morgan fingerprint density at radius 1 is 1.19 bits per heavy atom. The minimum atomic E-state index is -1.18. The summed E-state index contributed by atoms with van der Waals surface area (Å²) in [7, 11) is 0. The predicted octanol–water partition coefficient (Wildman–Crippen LogP) is 1.24. The van der Waals surface area contributed by atoms with E-state index in [0.29, 0.717) is 6.61 Å². The third-order valence-corrected chi connectivity index (χ3v) is 3.46. The molecule has 0 spiro atoms. The largest absolute Gasteiger partial charge is 0.387 e. The van der Waals surface area contributed by atoms with Gasteiger partial charge in [-0.3, -0.25) is 0 Å². The molecule has 1 heterocycles. The number of hydrogen-bond donors (Lipinski definition) is 2. The average molecular weight is 294 g/mol. The molecule has 0 radical (unpaired) electrons. The molecule has 1 aliphatic rings. The van der Waals surface area contributed by atoms with Gasteiger partial charge in [0, 0.05) is 0 Å². The second-order valence-electron chi connectivity index (χ2n) is 5.07. The minimum Gasteiger partial charge on any atom is -0.387 e. The lowest BCUT2D eigenvalue weighted by Crippen LogP contribution is -2.58. The van der Waals surface area contributed by atoms with Crippen molar-refractivity contribution < 1.29 is 24.4 Å². The van der Waals surface area contributed by atoms with E-state index < -0.39 is 30.7 Å². The molecule has 21 heavy (non-hydrogen) atoms. The van der Waals surface area contributed by atoms with Crippen molar-refractivity contribution in [1.82, 2.24) is 0 Å². The molecule has 1 aromatic rings. The van der Waals surface area contributed by atoms with Crippen molar-refractivity contribution >= 4 is 0 Å². The van der Waals surface area contributed by atoms with E-state index in [0.717, 1.165) is 5.56 Å². The molecule has 0 aromatic heterocycles. The molecule has 2 rings (SSSR count). The topological polar surface area (TPSA) is 68.2 Å². The minimum absolute atomic E-state index is 0.283. The summed E-state index contributed by atoms with van der Waals surface area (Å²) in [6, 6.07) is 9.55. The van der Waals surface area contributed by atoms with Crippen LogP contribution in [0, 0.1) is 0 Å². The molecule has 116 valence electrons. The van der Waals surface area contributed by atoms with Crippen molar-refractivity contribution in [3.63, 3.8) is 0 Å². The van der Waals surface area contributed by atoms with Gasteiger partial charge >= 0.3 is 0 Å². The van der Waals surface area contributed by atoms with E-state index >= 15 is 0 Å². The third kappa shape index (κ3) is 4.12. The molecule has 1 saturated heterocycles. The molecule has 0 saturated carbocycles. The summed E-state index contributed by atoms with van der Waals surface area (Å²) in [6.45, 7) is 5.91. The van der Waals surface area contributed by atoms with E-state index in [1.807, 2.05) is 30.3 Å². The van der Waals surface area contributed by atoms with Crippen LogP contribution < -0.4 is 0 Å². The van der Waals surface area contributed by atoms with E-state index in [2.05, 4.69) is 6.58 Å². The molecular formula is C16H22O5. The summed E-state index contributed by atoms with van der Waals surface area (Å²) in [5, 5.41) is 20.3. The van der Waals surface area contributed by atoms with Crippen LogP contribution >= 0.6 is 0 Å². The lowest BCUT2D eigenvalue weighted by Gasteiger charge is -2.41. The van der Waals surface area contributed by atoms with Gasteiger partial charge in [-0.1, -0.05) is 36.4 Å². The smallest absolute Gasteiger partial charge is 0.184 e. The SMILES string of the molecule is C=CCO[C@@H]1[C@@H](O)[C@@H](OCc2ccccc2)[C@H](O)O[C@H]1C. The average Bonchev–Trinajstić information content (AvgIpc) is 2.47. The normalized spacial score (nSPS) is 32.8. The van der Waals surface area contributed by atoms with Gasteiger partial charge in [0.05, 0.1) is 19.3 Å². The molecule has 0 unspecified atom stereocenters. The fourth-order valence-electron chi connectivity index (χ4n) is 2.37. The monoisotopic (exact) mass is 294 g/mol. The summed E-state index contributed by atoms with van der Waals surface area (Å²) in [5.74, 6) is 0. The lowest BCUT2D eigenvalue weighted by atomic mass is 9.99. The third-order valence-electron chi connectivity index (χ3n) is 3.46. The van der Waals surface area contributed by atoms with E-state index in [1.54, 1.807) is 13.0 Å². The van der Waals surface area contributed by atoms with Crippen molar-refractivity contribution in [3.05, 3.63) is 48.6 Å². The quantitative estimate of drug-likeness (QED) is 0.773. The highest BCUT2D eigenvalue weighted by Gasteiger charge is 2.44. The maximum atomic E-state index is 10.3. The van der Waals surface area contributed by atoms with Crippen LogP contribution in [-0.4, -0.2) is 47.5 Å². The van der Waals surface area contributed by atoms with Gasteiger partial charge in [-0.15, -0.1) is 6.58 Å². The fourth-order valence-corrected chi connectivity index (χ4v) is 2.37. The van der Waals surface area contributed by atoms with Crippen LogP contribution in [0.4, 0.5) is 0 Å². The second-order valence-corrected chi connectivity index (χ2v) is 5.07. The van der Waals surface area contributed by atoms with Gasteiger partial charge in [-0.25, -0.2) is 0 Å². The number of aliphatic hydroxyl groups excluding tert-OH is 2. The van der Waals surface area contributed by atoms with Crippen LogP contribution in [0.1, 0.15) is 12.5 Å². The Balaban J connectivity index is 1.97. The Bertz CT molecular complexity index is 436. The number of rotatable bonds is 6. The standard InChI is InChI=1S/C16H22O5/c1-3-9-19-14-11(2)21-16(18)15(13(14)17)20-10-12-7-5-4-6-8-12/h3-8,11,13-18H,1,9-10H2,2H3/t11-,13+,14-,15+,16+/m0/s1. The molecule has 1 aromatic carbocycles. The van der Waals surface area contributed by atoms with Crippen LogP contribution in [0.2, 0.25) is 0 Å². The molecule has 0 bridgehead atoms. The van der Waals surface area contributed by atoms with Crippen LogP contribution in [-0.2, 0) is 20.8 Å². The number of hydrogen-bond acceptors (Lipinski definition) is 5. The Labute approximate surface area is 124 Å². The number of aliphatic hydroxyl groups is 2. The molecule has 2 N–H and O–H groups in total. The van der Waals surface area contributed by atoms with E-state index in [9.17, 15) is 10.2 Å². The van der Waals surface area contributed by atoms with E-state index in [-0.39, 0.29) is 6.61 Å². The second kappa shape index (κ2) is 7.68. The van der Waals surface area contributed by atoms with Crippen molar-refractivity contribution in [2.75, 3.05) is 6.61 Å². The van der Waals surface area contributed by atoms with E-state index in [4.69, 9.17) is 14.2 Å². The van der Waals surface area contributed by atoms with Gasteiger partial charge in [0.15, 0.2) is 6.29 Å². The first kappa shape index (κ1) is 16.1. The zero-order valence-corrected chi connectivity index (χ0v) is 12.1. The predicted molar refractivity (Wildman–Crippen MR) is 77.5 cm³/mol. The Kier molecular flexibility index (Phi) is 5.90. The molecule has 0 amide bonds. The Hall–Kier alpha value is -1.24. The molecule has 1 aliphatic heterocycles. The first-order valence-corrected chi connectivity index (χ1v) is 7.03. The molecule has 0 aliphatic carbocycles. The lowest BCUT2D eigenvalue weighted by molar-refractivity contribution is -0.296. The van der Waals surface area contributed by atoms with Gasteiger partial charge in [0.25, 0.3) is 0 Å². The number of benzene rings is 1. The zero-order valence-electron chi connectivity index (χ0n) is 12.1. The van der Waals surface area contributed by atoms with Crippen molar-refractivity contribution in [2.24, 2.45) is 0 Å². The summed E-state index contributed by atoms with van der Waals surface area (Å²) < 4.78 is 16.5. The molecule has 5 atom stereocenters. The van der Waals surface area contributed by atoms with Crippen molar-refractivity contribution in [3.8, 4) is 0 Å². The zero-order chi connectivity index (χ0) is 15.2. The van der Waals surface area contributed by atoms with Gasteiger partial charge in [-0.05, 0) is 12.5 Å². The fraction of sp³-hybridized carbons (Fsp3) is 0.500. The van der Waals surface area contributed by atoms with Crippen LogP contribution in [0.15, 0.2) is 43.0 Å². The van der Waals surface area contributed by atoms with Gasteiger partial charge < -0.3 is 24.4 Å². The highest BCUT2D eigenvalue weighted by molar-refractivity contribution is 5.13. The van der Waals surface area contributed by atoms with Crippen molar-refractivity contribution in [1.29, 1.82) is 0 Å². The Morgan fingerprint density at radius 3 is 2.57 bits per heavy atom. The molecule has 1 fully saturated rings. The van der Waals surface area contributed by atoms with E-state index in [1.165, 1.54) is 0 Å². The van der Waals surface area contributed by atoms with Crippen molar-refractivity contribution in [2.45, 2.75) is 44.2 Å². The Morgan fingerprint density at radius 2 is 1.90 bits per heavy atom. The molecule has 5 nitrogen and oxygen atoms in total. The summed E-state index contributed by atoms with van der Waals surface area (Å²) in [6.07, 6.45) is -2.38. The maximum Gasteiger partial charge on any atom is 0.184 e. The first-order chi connectivity index (χ1) is 10.1. The summed E-state index contributed by atoms with van der Waals surface area (Å²) in [5.41, 5.74) is 0.957. The van der Waals surface area contributed by atoms with Gasteiger partial charge in [0.1, 0.15) is 18.3 Å². The summed E-state index contributed by atoms with van der Waals surface area (Å²) in [4.78, 5) is 0. The highest BCUT2D eigenvalue weighted by Crippen LogP contribution is 2.25. The van der Waals surface area contributed by atoms with Gasteiger partial charge in [0.2, 0.25) is 0 Å². The molecule has 5 heteroatoms. The summed E-state index contributed by atoms with van der Waals surface area (Å²) >= 11 is 0. The highest BCUT2D eigenvalue weighted by atomic mass is 16.7.